The summed E-state index contributed by atoms with van der Waals surface area (Å²) in [5.74, 6) is 1.19. The predicted molar refractivity (Wildman–Crippen MR) is 67.2 cm³/mol. The molecule has 5 nitrogen and oxygen atoms in total. The molecule has 0 atom stereocenters. The summed E-state index contributed by atoms with van der Waals surface area (Å²) in [6.45, 7) is 6.50. The van der Waals surface area contributed by atoms with E-state index in [1.807, 2.05) is 26.8 Å². The van der Waals surface area contributed by atoms with Crippen LogP contribution in [0.2, 0.25) is 0 Å². The zero-order valence-corrected chi connectivity index (χ0v) is 10.5. The van der Waals surface area contributed by atoms with Gasteiger partial charge in [-0.1, -0.05) is 0 Å². The first-order valence-electron chi connectivity index (χ1n) is 5.74. The Bertz CT molecular complexity index is 367. The fourth-order valence-electron chi connectivity index (χ4n) is 1.33. The van der Waals surface area contributed by atoms with E-state index in [2.05, 4.69) is 15.6 Å². The highest BCUT2D eigenvalue weighted by Crippen LogP contribution is 2.20. The monoisotopic (exact) mass is 237 g/mol. The van der Waals surface area contributed by atoms with Crippen molar-refractivity contribution >= 4 is 11.7 Å². The highest BCUT2D eigenvalue weighted by atomic mass is 16.5. The van der Waals surface area contributed by atoms with E-state index in [9.17, 15) is 4.79 Å². The predicted octanol–water partition coefficient (Wildman–Crippen LogP) is 1.42. The van der Waals surface area contributed by atoms with Crippen LogP contribution in [0.4, 0.5) is 5.82 Å². The Morgan fingerprint density at radius 2 is 2.29 bits per heavy atom. The van der Waals surface area contributed by atoms with Crippen LogP contribution >= 0.6 is 0 Å². The molecule has 0 bridgehead atoms. The third kappa shape index (κ3) is 4.72. The Morgan fingerprint density at radius 3 is 2.94 bits per heavy atom. The van der Waals surface area contributed by atoms with Crippen molar-refractivity contribution in [3.8, 4) is 5.75 Å². The second kappa shape index (κ2) is 6.73. The molecule has 0 radical (unpaired) electrons. The molecule has 0 aliphatic carbocycles. The lowest BCUT2D eigenvalue weighted by atomic mass is 10.4. The summed E-state index contributed by atoms with van der Waals surface area (Å²) < 4.78 is 5.39. The molecular weight excluding hydrogens is 218 g/mol. The normalized spacial score (nSPS) is 10.1. The number of pyridine rings is 1. The number of anilines is 1. The lowest BCUT2D eigenvalue weighted by Gasteiger charge is -2.12. The number of nitrogens with one attached hydrogen (secondary N) is 2. The van der Waals surface area contributed by atoms with Crippen molar-refractivity contribution in [1.82, 2.24) is 10.3 Å². The molecule has 5 heteroatoms. The second-order valence-corrected chi connectivity index (χ2v) is 3.86. The van der Waals surface area contributed by atoms with Crippen LogP contribution in [0.1, 0.15) is 20.8 Å². The molecule has 1 amide bonds. The van der Waals surface area contributed by atoms with Gasteiger partial charge in [0.05, 0.1) is 13.2 Å². The fraction of sp³-hybridized carbons (Fsp3) is 0.500. The molecule has 0 aromatic carbocycles. The van der Waals surface area contributed by atoms with Gasteiger partial charge in [-0.2, -0.15) is 0 Å². The van der Waals surface area contributed by atoms with E-state index in [4.69, 9.17) is 4.74 Å². The first-order valence-corrected chi connectivity index (χ1v) is 5.74. The number of carbonyl (C=O) groups is 1. The molecule has 0 fully saturated rings. The fourth-order valence-corrected chi connectivity index (χ4v) is 1.33. The second-order valence-electron chi connectivity index (χ2n) is 3.86. The SMILES string of the molecule is CCOc1cccnc1NCC(=O)NC(C)C. The molecular formula is C12H19N3O2. The van der Waals surface area contributed by atoms with E-state index in [1.54, 1.807) is 12.3 Å². The van der Waals surface area contributed by atoms with Gasteiger partial charge in [0.25, 0.3) is 0 Å². The maximum absolute atomic E-state index is 11.5. The smallest absolute Gasteiger partial charge is 0.239 e. The molecule has 1 heterocycles. The Balaban J connectivity index is 2.53. The molecule has 2 N–H and O–H groups in total. The minimum absolute atomic E-state index is 0.0619. The van der Waals surface area contributed by atoms with Crippen LogP contribution in [0.3, 0.4) is 0 Å². The highest BCUT2D eigenvalue weighted by Gasteiger charge is 2.07. The molecule has 17 heavy (non-hydrogen) atoms. The number of nitrogens with zero attached hydrogens (tertiary/aromatic N) is 1. The molecule has 1 aromatic heterocycles. The lowest BCUT2D eigenvalue weighted by Crippen LogP contribution is -2.35. The van der Waals surface area contributed by atoms with Gasteiger partial charge in [0.15, 0.2) is 11.6 Å². The average molecular weight is 237 g/mol. The standard InChI is InChI=1S/C12H19N3O2/c1-4-17-10-6-5-7-13-12(10)14-8-11(16)15-9(2)3/h5-7,9H,4,8H2,1-3H3,(H,13,14)(H,15,16). The van der Waals surface area contributed by atoms with Gasteiger partial charge < -0.3 is 15.4 Å². The number of ether oxygens (including phenoxy) is 1. The van der Waals surface area contributed by atoms with Crippen molar-refractivity contribution in [2.45, 2.75) is 26.8 Å². The summed E-state index contributed by atoms with van der Waals surface area (Å²) in [6, 6.07) is 3.75. The number of amides is 1. The van der Waals surface area contributed by atoms with Crippen molar-refractivity contribution in [1.29, 1.82) is 0 Å². The minimum atomic E-state index is -0.0619. The van der Waals surface area contributed by atoms with E-state index in [0.717, 1.165) is 0 Å². The van der Waals surface area contributed by atoms with Gasteiger partial charge in [-0.15, -0.1) is 0 Å². The molecule has 0 aliphatic rings. The van der Waals surface area contributed by atoms with Crippen LogP contribution in [0, 0.1) is 0 Å². The maximum atomic E-state index is 11.5. The van der Waals surface area contributed by atoms with E-state index < -0.39 is 0 Å². The Labute approximate surface area is 102 Å². The number of hydrogen-bond acceptors (Lipinski definition) is 4. The first-order chi connectivity index (χ1) is 8.13. The van der Waals surface area contributed by atoms with E-state index in [0.29, 0.717) is 18.2 Å². The Morgan fingerprint density at radius 1 is 1.53 bits per heavy atom. The largest absolute Gasteiger partial charge is 0.490 e. The van der Waals surface area contributed by atoms with Crippen molar-refractivity contribution < 1.29 is 9.53 Å². The van der Waals surface area contributed by atoms with Crippen LogP contribution in [0.25, 0.3) is 0 Å². The molecule has 0 saturated carbocycles. The summed E-state index contributed by atoms with van der Waals surface area (Å²) in [5.41, 5.74) is 0. The summed E-state index contributed by atoms with van der Waals surface area (Å²) >= 11 is 0. The van der Waals surface area contributed by atoms with E-state index >= 15 is 0 Å². The summed E-state index contributed by atoms with van der Waals surface area (Å²) in [5, 5.41) is 5.75. The molecule has 1 rings (SSSR count). The van der Waals surface area contributed by atoms with Gasteiger partial charge in [0.1, 0.15) is 0 Å². The van der Waals surface area contributed by atoms with Crippen molar-refractivity contribution in [2.24, 2.45) is 0 Å². The number of rotatable bonds is 6. The third-order valence-electron chi connectivity index (χ3n) is 1.94. The minimum Gasteiger partial charge on any atom is -0.490 e. The maximum Gasteiger partial charge on any atom is 0.239 e. The van der Waals surface area contributed by atoms with Crippen LogP contribution in [0.15, 0.2) is 18.3 Å². The number of carbonyl (C=O) groups excluding carboxylic acids is 1. The van der Waals surface area contributed by atoms with Gasteiger partial charge in [0.2, 0.25) is 5.91 Å². The topological polar surface area (TPSA) is 63.2 Å². The zero-order valence-electron chi connectivity index (χ0n) is 10.5. The van der Waals surface area contributed by atoms with Gasteiger partial charge >= 0.3 is 0 Å². The molecule has 0 saturated heterocycles. The van der Waals surface area contributed by atoms with Crippen molar-refractivity contribution in [3.05, 3.63) is 18.3 Å². The third-order valence-corrected chi connectivity index (χ3v) is 1.94. The summed E-state index contributed by atoms with van der Waals surface area (Å²) in [4.78, 5) is 15.6. The van der Waals surface area contributed by atoms with Gasteiger partial charge in [0, 0.05) is 12.2 Å². The van der Waals surface area contributed by atoms with Crippen LogP contribution in [-0.4, -0.2) is 30.1 Å². The molecule has 94 valence electrons. The van der Waals surface area contributed by atoms with Gasteiger partial charge in [-0.05, 0) is 32.9 Å². The quantitative estimate of drug-likeness (QED) is 0.785. The molecule has 0 aliphatic heterocycles. The van der Waals surface area contributed by atoms with Crippen LogP contribution < -0.4 is 15.4 Å². The number of aromatic nitrogens is 1. The number of hydrogen-bond donors (Lipinski definition) is 2. The van der Waals surface area contributed by atoms with Crippen LogP contribution in [-0.2, 0) is 4.79 Å². The first kappa shape index (κ1) is 13.3. The van der Waals surface area contributed by atoms with Crippen LogP contribution in [0.5, 0.6) is 5.75 Å². The summed E-state index contributed by atoms with van der Waals surface area (Å²) in [7, 11) is 0. The Hall–Kier alpha value is -1.78. The molecule has 0 spiro atoms. The van der Waals surface area contributed by atoms with E-state index in [1.165, 1.54) is 0 Å². The average Bonchev–Trinajstić information content (AvgIpc) is 2.27. The van der Waals surface area contributed by atoms with Gasteiger partial charge in [-0.25, -0.2) is 4.98 Å². The van der Waals surface area contributed by atoms with Crippen molar-refractivity contribution in [3.63, 3.8) is 0 Å². The molecule has 0 unspecified atom stereocenters. The zero-order chi connectivity index (χ0) is 12.7. The lowest BCUT2D eigenvalue weighted by molar-refractivity contribution is -0.119. The van der Waals surface area contributed by atoms with Crippen molar-refractivity contribution in [2.75, 3.05) is 18.5 Å². The van der Waals surface area contributed by atoms with Gasteiger partial charge in [-0.3, -0.25) is 4.79 Å². The van der Waals surface area contributed by atoms with E-state index in [-0.39, 0.29) is 18.5 Å². The Kier molecular flexibility index (Phi) is 5.26. The molecule has 1 aromatic rings. The summed E-state index contributed by atoms with van der Waals surface area (Å²) in [6.07, 6.45) is 1.66. The highest BCUT2D eigenvalue weighted by molar-refractivity contribution is 5.81.